The van der Waals surface area contributed by atoms with Crippen LogP contribution in [0.5, 0.6) is 0 Å². The first-order valence-electron chi connectivity index (χ1n) is 6.80. The fraction of sp³-hybridized carbons (Fsp3) is 0.267. The second kappa shape index (κ2) is 6.00. The molecule has 1 saturated heterocycles. The molecule has 0 radical (unpaired) electrons. The largest absolute Gasteiger partial charge is 0.397 e. The number of nitrogen functional groups attached to an aromatic ring is 1. The molecular weight excluding hydrogens is 307 g/mol. The molecule has 4 nitrogen and oxygen atoms in total. The second-order valence-electron chi connectivity index (χ2n) is 4.99. The van der Waals surface area contributed by atoms with Crippen LogP contribution in [-0.4, -0.2) is 31.2 Å². The third-order valence-electron chi connectivity index (χ3n) is 3.66. The third-order valence-corrected chi connectivity index (χ3v) is 4.39. The number of hydrogen-bond donors (Lipinski definition) is 1. The van der Waals surface area contributed by atoms with E-state index >= 15 is 0 Å². The van der Waals surface area contributed by atoms with E-state index < -0.39 is 0 Å². The van der Waals surface area contributed by atoms with Gasteiger partial charge in [-0.25, -0.2) is 4.98 Å². The summed E-state index contributed by atoms with van der Waals surface area (Å²) in [5, 5.41) is 1.03. The molecule has 0 aliphatic carbocycles. The molecule has 0 atom stereocenters. The molecule has 0 unspecified atom stereocenters. The third kappa shape index (κ3) is 3.01. The van der Waals surface area contributed by atoms with E-state index in [4.69, 9.17) is 28.9 Å². The smallest absolute Gasteiger partial charge is 0.128 e. The minimum absolute atomic E-state index is 0.491. The predicted molar refractivity (Wildman–Crippen MR) is 89.5 cm³/mol. The van der Waals surface area contributed by atoms with Crippen LogP contribution in [0.25, 0.3) is 0 Å². The average Bonchev–Trinajstić information content (AvgIpc) is 2.52. The Kier molecular flexibility index (Phi) is 4.08. The van der Waals surface area contributed by atoms with E-state index in [0.29, 0.717) is 15.7 Å². The van der Waals surface area contributed by atoms with Gasteiger partial charge in [0.05, 0.1) is 21.4 Å². The van der Waals surface area contributed by atoms with Gasteiger partial charge >= 0.3 is 0 Å². The average molecular weight is 323 g/mol. The van der Waals surface area contributed by atoms with Gasteiger partial charge < -0.3 is 15.5 Å². The van der Waals surface area contributed by atoms with Crippen LogP contribution in [0.3, 0.4) is 0 Å². The Morgan fingerprint density at radius 1 is 0.952 bits per heavy atom. The molecule has 0 amide bonds. The summed E-state index contributed by atoms with van der Waals surface area (Å²) in [5.41, 5.74) is 7.67. The number of nitrogens with two attached hydrogens (primary N) is 1. The monoisotopic (exact) mass is 322 g/mol. The molecule has 1 aromatic carbocycles. The molecule has 2 N–H and O–H groups in total. The van der Waals surface area contributed by atoms with Crippen molar-refractivity contribution in [3.8, 4) is 0 Å². The van der Waals surface area contributed by atoms with Crippen LogP contribution in [0.1, 0.15) is 0 Å². The van der Waals surface area contributed by atoms with E-state index in [0.717, 1.165) is 37.7 Å². The molecule has 2 heterocycles. The first-order chi connectivity index (χ1) is 10.1. The highest BCUT2D eigenvalue weighted by Crippen LogP contribution is 2.33. The predicted octanol–water partition coefficient (Wildman–Crippen LogP) is 3.30. The van der Waals surface area contributed by atoms with E-state index in [2.05, 4.69) is 14.8 Å². The van der Waals surface area contributed by atoms with Crippen LogP contribution in [0.4, 0.5) is 17.2 Å². The van der Waals surface area contributed by atoms with Gasteiger partial charge in [0.2, 0.25) is 0 Å². The molecule has 0 saturated carbocycles. The Bertz CT molecular complexity index is 625. The number of pyridine rings is 1. The summed E-state index contributed by atoms with van der Waals surface area (Å²) in [5.74, 6) is 1.01. The molecule has 0 bridgehead atoms. The van der Waals surface area contributed by atoms with Crippen LogP contribution in [0, 0.1) is 0 Å². The van der Waals surface area contributed by atoms with Crippen molar-refractivity contribution >= 4 is 40.4 Å². The number of anilines is 3. The Morgan fingerprint density at radius 3 is 2.29 bits per heavy atom. The lowest BCUT2D eigenvalue weighted by atomic mass is 10.2. The van der Waals surface area contributed by atoms with Crippen molar-refractivity contribution in [2.45, 2.75) is 0 Å². The summed E-state index contributed by atoms with van der Waals surface area (Å²) in [6, 6.07) is 9.52. The van der Waals surface area contributed by atoms with E-state index in [1.807, 2.05) is 30.5 Å². The lowest BCUT2D eigenvalue weighted by Gasteiger charge is -2.37. The fourth-order valence-electron chi connectivity index (χ4n) is 2.54. The highest BCUT2D eigenvalue weighted by Gasteiger charge is 2.20. The van der Waals surface area contributed by atoms with Gasteiger partial charge in [-0.3, -0.25) is 0 Å². The van der Waals surface area contributed by atoms with Crippen molar-refractivity contribution in [1.82, 2.24) is 4.98 Å². The summed E-state index contributed by atoms with van der Waals surface area (Å²) in [7, 11) is 0. The molecule has 1 aromatic heterocycles. The van der Waals surface area contributed by atoms with Crippen molar-refractivity contribution in [3.05, 3.63) is 46.6 Å². The zero-order chi connectivity index (χ0) is 14.8. The Hall–Kier alpha value is -1.65. The summed E-state index contributed by atoms with van der Waals surface area (Å²) >= 11 is 12.1. The van der Waals surface area contributed by atoms with E-state index in [1.54, 1.807) is 6.07 Å². The van der Waals surface area contributed by atoms with Crippen molar-refractivity contribution < 1.29 is 0 Å². The first-order valence-corrected chi connectivity index (χ1v) is 7.56. The minimum atomic E-state index is 0.491. The normalized spacial score (nSPS) is 15.3. The van der Waals surface area contributed by atoms with Gasteiger partial charge in [-0.15, -0.1) is 0 Å². The van der Waals surface area contributed by atoms with E-state index in [1.165, 1.54) is 0 Å². The van der Waals surface area contributed by atoms with Crippen LogP contribution in [0.2, 0.25) is 10.0 Å². The lowest BCUT2D eigenvalue weighted by Crippen LogP contribution is -2.47. The summed E-state index contributed by atoms with van der Waals surface area (Å²) in [6.45, 7) is 3.55. The molecule has 1 fully saturated rings. The number of benzene rings is 1. The van der Waals surface area contributed by atoms with Gasteiger partial charge in [-0.1, -0.05) is 29.3 Å². The van der Waals surface area contributed by atoms with Gasteiger partial charge in [0, 0.05) is 32.4 Å². The van der Waals surface area contributed by atoms with Crippen LogP contribution in [-0.2, 0) is 0 Å². The first kappa shape index (κ1) is 14.3. The number of piperazine rings is 1. The molecule has 1 aliphatic rings. The molecule has 6 heteroatoms. The molecule has 21 heavy (non-hydrogen) atoms. The Labute approximate surface area is 134 Å². The fourth-order valence-corrected chi connectivity index (χ4v) is 2.87. The highest BCUT2D eigenvalue weighted by molar-refractivity contribution is 6.42. The van der Waals surface area contributed by atoms with Crippen molar-refractivity contribution in [3.63, 3.8) is 0 Å². The molecule has 0 spiro atoms. The van der Waals surface area contributed by atoms with E-state index in [9.17, 15) is 0 Å². The maximum atomic E-state index is 6.10. The van der Waals surface area contributed by atoms with Gasteiger partial charge in [0.25, 0.3) is 0 Å². The second-order valence-corrected chi connectivity index (χ2v) is 5.80. The number of nitrogens with zero attached hydrogens (tertiary/aromatic N) is 3. The number of halogens is 2. The molecule has 110 valence electrons. The summed E-state index contributed by atoms with van der Waals surface area (Å²) in [4.78, 5) is 8.89. The Balaban J connectivity index is 1.73. The van der Waals surface area contributed by atoms with Crippen LogP contribution in [0.15, 0.2) is 36.5 Å². The zero-order valence-electron chi connectivity index (χ0n) is 11.5. The number of hydrogen-bond acceptors (Lipinski definition) is 4. The van der Waals surface area contributed by atoms with Crippen LogP contribution >= 0.6 is 23.2 Å². The summed E-state index contributed by atoms with van der Waals surface area (Å²) < 4.78 is 0. The summed E-state index contributed by atoms with van der Waals surface area (Å²) in [6.07, 6.45) is 1.82. The zero-order valence-corrected chi connectivity index (χ0v) is 13.0. The van der Waals surface area contributed by atoms with Crippen molar-refractivity contribution in [1.29, 1.82) is 0 Å². The topological polar surface area (TPSA) is 45.4 Å². The maximum absolute atomic E-state index is 6.10. The molecule has 2 aromatic rings. The molecule has 3 rings (SSSR count). The number of aromatic nitrogens is 1. The standard InChI is InChI=1S/C15H16Cl2N4/c16-11-9-13(18)14(10-12(11)17)20-5-7-21(8-6-20)15-3-1-2-4-19-15/h1-4,9-10H,5-8,18H2. The molecular formula is C15H16Cl2N4. The maximum Gasteiger partial charge on any atom is 0.128 e. The van der Waals surface area contributed by atoms with Crippen molar-refractivity contribution in [2.24, 2.45) is 0 Å². The molecule has 1 aliphatic heterocycles. The quantitative estimate of drug-likeness (QED) is 0.862. The lowest BCUT2D eigenvalue weighted by molar-refractivity contribution is 0.648. The van der Waals surface area contributed by atoms with Gasteiger partial charge in [-0.05, 0) is 24.3 Å². The minimum Gasteiger partial charge on any atom is -0.397 e. The highest BCUT2D eigenvalue weighted by atomic mass is 35.5. The number of rotatable bonds is 2. The Morgan fingerprint density at radius 2 is 1.62 bits per heavy atom. The van der Waals surface area contributed by atoms with Gasteiger partial charge in [0.15, 0.2) is 0 Å². The van der Waals surface area contributed by atoms with Crippen molar-refractivity contribution in [2.75, 3.05) is 41.7 Å². The van der Waals surface area contributed by atoms with Crippen LogP contribution < -0.4 is 15.5 Å². The van der Waals surface area contributed by atoms with E-state index in [-0.39, 0.29) is 0 Å². The van der Waals surface area contributed by atoms with Gasteiger partial charge in [-0.2, -0.15) is 0 Å². The van der Waals surface area contributed by atoms with Gasteiger partial charge in [0.1, 0.15) is 5.82 Å². The SMILES string of the molecule is Nc1cc(Cl)c(Cl)cc1N1CCN(c2ccccn2)CC1.